The molecule has 0 saturated heterocycles. The SMILES string of the molecule is COc1ccc(N(CC(=O)N(Cc2ccccc2C)C(C)C(=O)NC2CCCCC2)S(=O)(=O)c2ccc(C)cc2)cc1OC. The molecule has 1 atom stereocenters. The fourth-order valence-electron chi connectivity index (χ4n) is 5.47. The first-order valence-electron chi connectivity index (χ1n) is 15.0. The van der Waals surface area contributed by atoms with Crippen LogP contribution in [0.15, 0.2) is 71.6 Å². The van der Waals surface area contributed by atoms with E-state index in [9.17, 15) is 18.0 Å². The van der Waals surface area contributed by atoms with Crippen LogP contribution in [0, 0.1) is 13.8 Å². The van der Waals surface area contributed by atoms with Crippen LogP contribution in [-0.4, -0.2) is 58.0 Å². The molecule has 10 heteroatoms. The van der Waals surface area contributed by atoms with Crippen LogP contribution in [0.4, 0.5) is 5.69 Å². The number of anilines is 1. The van der Waals surface area contributed by atoms with Crippen LogP contribution in [0.2, 0.25) is 0 Å². The third-order valence-corrected chi connectivity index (χ3v) is 10.1. The van der Waals surface area contributed by atoms with E-state index in [1.54, 1.807) is 31.2 Å². The van der Waals surface area contributed by atoms with Crippen LogP contribution in [-0.2, 0) is 26.2 Å². The van der Waals surface area contributed by atoms with Gasteiger partial charge in [0.25, 0.3) is 10.0 Å². The lowest BCUT2D eigenvalue weighted by Gasteiger charge is -2.33. The third-order valence-electron chi connectivity index (χ3n) is 8.26. The molecule has 0 radical (unpaired) electrons. The minimum Gasteiger partial charge on any atom is -0.493 e. The van der Waals surface area contributed by atoms with Gasteiger partial charge in [0.1, 0.15) is 12.6 Å². The van der Waals surface area contributed by atoms with Crippen LogP contribution in [0.1, 0.15) is 55.7 Å². The van der Waals surface area contributed by atoms with E-state index in [-0.39, 0.29) is 29.1 Å². The molecule has 0 spiro atoms. The number of nitrogens with one attached hydrogen (secondary N) is 1. The summed E-state index contributed by atoms with van der Waals surface area (Å²) in [5.41, 5.74) is 2.97. The number of amides is 2. The van der Waals surface area contributed by atoms with E-state index in [2.05, 4.69) is 5.32 Å². The first kappa shape index (κ1) is 32.9. The number of sulfonamides is 1. The Kier molecular flexibility index (Phi) is 10.9. The maximum atomic E-state index is 14.3. The van der Waals surface area contributed by atoms with E-state index in [4.69, 9.17) is 9.47 Å². The van der Waals surface area contributed by atoms with Gasteiger partial charge in [0, 0.05) is 18.7 Å². The standard InChI is InChI=1S/C34H43N3O6S/c1-24-15-18-30(19-16-24)44(40,41)37(29-17-20-31(42-4)32(21-29)43-5)23-33(38)36(22-27-12-10-9-11-25(27)2)26(3)34(39)35-28-13-7-6-8-14-28/h9-12,15-21,26,28H,6-8,13-14,22-23H2,1-5H3,(H,35,39). The van der Waals surface area contributed by atoms with Gasteiger partial charge in [0.15, 0.2) is 11.5 Å². The number of aryl methyl sites for hydroxylation is 2. The highest BCUT2D eigenvalue weighted by Gasteiger charge is 2.33. The summed E-state index contributed by atoms with van der Waals surface area (Å²) in [6.07, 6.45) is 5.09. The molecule has 1 N–H and O–H groups in total. The number of ether oxygens (including phenoxy) is 2. The molecule has 3 aromatic rings. The number of hydrogen-bond acceptors (Lipinski definition) is 6. The number of nitrogens with zero attached hydrogens (tertiary/aromatic N) is 2. The third kappa shape index (κ3) is 7.72. The predicted molar refractivity (Wildman–Crippen MR) is 171 cm³/mol. The summed E-state index contributed by atoms with van der Waals surface area (Å²) in [6, 6.07) is 18.1. The highest BCUT2D eigenvalue weighted by molar-refractivity contribution is 7.92. The van der Waals surface area contributed by atoms with Crippen LogP contribution in [0.25, 0.3) is 0 Å². The minimum atomic E-state index is -4.20. The summed E-state index contributed by atoms with van der Waals surface area (Å²) in [6.45, 7) is 5.13. The van der Waals surface area contributed by atoms with Gasteiger partial charge in [-0.25, -0.2) is 8.42 Å². The topological polar surface area (TPSA) is 105 Å². The average molecular weight is 622 g/mol. The van der Waals surface area contributed by atoms with Crippen LogP contribution < -0.4 is 19.1 Å². The van der Waals surface area contributed by atoms with Crippen molar-refractivity contribution in [3.8, 4) is 11.5 Å². The molecular formula is C34H43N3O6S. The number of carbonyl (C=O) groups excluding carboxylic acids is 2. The maximum absolute atomic E-state index is 14.3. The molecule has 1 aliphatic rings. The molecule has 3 aromatic carbocycles. The largest absolute Gasteiger partial charge is 0.493 e. The Hall–Kier alpha value is -4.05. The summed E-state index contributed by atoms with van der Waals surface area (Å²) in [4.78, 5) is 29.3. The summed E-state index contributed by atoms with van der Waals surface area (Å²) in [5.74, 6) is -0.0223. The highest BCUT2D eigenvalue weighted by atomic mass is 32.2. The Morgan fingerprint density at radius 1 is 0.909 bits per heavy atom. The van der Waals surface area contributed by atoms with Gasteiger partial charge in [0.05, 0.1) is 24.8 Å². The zero-order valence-corrected chi connectivity index (χ0v) is 27.0. The minimum absolute atomic E-state index is 0.0410. The number of methoxy groups -OCH3 is 2. The van der Waals surface area contributed by atoms with Crippen molar-refractivity contribution in [2.75, 3.05) is 25.1 Å². The van der Waals surface area contributed by atoms with Gasteiger partial charge >= 0.3 is 0 Å². The summed E-state index contributed by atoms with van der Waals surface area (Å²) in [5, 5.41) is 3.13. The quantitative estimate of drug-likeness (QED) is 0.291. The molecule has 0 aromatic heterocycles. The summed E-state index contributed by atoms with van der Waals surface area (Å²) in [7, 11) is -1.25. The zero-order valence-electron chi connectivity index (χ0n) is 26.2. The van der Waals surface area contributed by atoms with Crippen LogP contribution in [0.3, 0.4) is 0 Å². The van der Waals surface area contributed by atoms with E-state index in [0.717, 1.165) is 53.1 Å². The van der Waals surface area contributed by atoms with Gasteiger partial charge < -0.3 is 19.7 Å². The number of carbonyl (C=O) groups is 2. The molecule has 2 amide bonds. The number of rotatable bonds is 12. The van der Waals surface area contributed by atoms with Crippen molar-refractivity contribution in [1.82, 2.24) is 10.2 Å². The van der Waals surface area contributed by atoms with E-state index in [1.165, 1.54) is 37.3 Å². The van der Waals surface area contributed by atoms with Crippen LogP contribution in [0.5, 0.6) is 11.5 Å². The van der Waals surface area contributed by atoms with E-state index < -0.39 is 28.5 Å². The Morgan fingerprint density at radius 2 is 1.57 bits per heavy atom. The van der Waals surface area contributed by atoms with Crippen LogP contribution >= 0.6 is 0 Å². The maximum Gasteiger partial charge on any atom is 0.264 e. The van der Waals surface area contributed by atoms with Crippen molar-refractivity contribution in [2.45, 2.75) is 76.4 Å². The number of benzene rings is 3. The molecule has 1 unspecified atom stereocenters. The second-order valence-corrected chi connectivity index (χ2v) is 13.2. The molecule has 0 aliphatic heterocycles. The molecule has 0 heterocycles. The molecule has 236 valence electrons. The lowest BCUT2D eigenvalue weighted by Crippen LogP contribution is -2.53. The van der Waals surface area contributed by atoms with Crippen molar-refractivity contribution >= 4 is 27.5 Å². The Bertz CT molecular complexity index is 1550. The van der Waals surface area contributed by atoms with Gasteiger partial charge in [-0.1, -0.05) is 61.2 Å². The zero-order chi connectivity index (χ0) is 31.9. The fourth-order valence-corrected chi connectivity index (χ4v) is 6.87. The van der Waals surface area contributed by atoms with Gasteiger partial charge in [0.2, 0.25) is 11.8 Å². The second-order valence-electron chi connectivity index (χ2n) is 11.3. The summed E-state index contributed by atoms with van der Waals surface area (Å²) < 4.78 is 40.2. The molecular weight excluding hydrogens is 578 g/mol. The Morgan fingerprint density at radius 3 is 2.20 bits per heavy atom. The van der Waals surface area contributed by atoms with E-state index in [1.807, 2.05) is 38.1 Å². The molecule has 0 bridgehead atoms. The molecule has 1 saturated carbocycles. The first-order chi connectivity index (χ1) is 21.0. The van der Waals surface area contributed by atoms with Crippen molar-refractivity contribution < 1.29 is 27.5 Å². The Balaban J connectivity index is 1.73. The normalized spacial score (nSPS) is 14.4. The summed E-state index contributed by atoms with van der Waals surface area (Å²) >= 11 is 0. The molecule has 9 nitrogen and oxygen atoms in total. The smallest absolute Gasteiger partial charge is 0.264 e. The molecule has 1 fully saturated rings. The van der Waals surface area contributed by atoms with Gasteiger partial charge in [-0.2, -0.15) is 0 Å². The van der Waals surface area contributed by atoms with E-state index >= 15 is 0 Å². The van der Waals surface area contributed by atoms with Gasteiger partial charge in [-0.05, 0) is 69.0 Å². The van der Waals surface area contributed by atoms with Crippen molar-refractivity contribution in [2.24, 2.45) is 0 Å². The monoisotopic (exact) mass is 621 g/mol. The van der Waals surface area contributed by atoms with Crippen molar-refractivity contribution in [3.05, 3.63) is 83.4 Å². The first-order valence-corrected chi connectivity index (χ1v) is 16.4. The highest BCUT2D eigenvalue weighted by Crippen LogP contribution is 2.34. The fraction of sp³-hybridized carbons (Fsp3) is 0.412. The second kappa shape index (κ2) is 14.6. The van der Waals surface area contributed by atoms with Crippen molar-refractivity contribution in [1.29, 1.82) is 0 Å². The lowest BCUT2D eigenvalue weighted by molar-refractivity contribution is -0.139. The molecule has 44 heavy (non-hydrogen) atoms. The number of hydrogen-bond donors (Lipinski definition) is 1. The molecule has 1 aliphatic carbocycles. The lowest BCUT2D eigenvalue weighted by atomic mass is 9.95. The average Bonchev–Trinajstić information content (AvgIpc) is 3.03. The van der Waals surface area contributed by atoms with Gasteiger partial charge in [-0.3, -0.25) is 13.9 Å². The predicted octanol–water partition coefficient (Wildman–Crippen LogP) is 5.38. The van der Waals surface area contributed by atoms with Crippen molar-refractivity contribution in [3.63, 3.8) is 0 Å². The Labute approximate surface area is 261 Å². The van der Waals surface area contributed by atoms with Gasteiger partial charge in [-0.15, -0.1) is 0 Å². The molecule has 4 rings (SSSR count). The van der Waals surface area contributed by atoms with E-state index in [0.29, 0.717) is 11.5 Å².